The first kappa shape index (κ1) is 11.4. The van der Waals surface area contributed by atoms with Crippen LogP contribution in [0.3, 0.4) is 0 Å². The average Bonchev–Trinajstić information content (AvgIpc) is 2.24. The first-order chi connectivity index (χ1) is 7.24. The van der Waals surface area contributed by atoms with E-state index in [0.29, 0.717) is 6.61 Å². The van der Waals surface area contributed by atoms with Crippen molar-refractivity contribution in [2.24, 2.45) is 5.92 Å². The molecule has 1 unspecified atom stereocenters. The minimum absolute atomic E-state index is 0.119. The maximum Gasteiger partial charge on any atom is 0.0940 e. The molecule has 2 rings (SSSR count). The van der Waals surface area contributed by atoms with Crippen molar-refractivity contribution in [2.45, 2.75) is 44.3 Å². The number of ether oxygens (including phenoxy) is 2. The van der Waals surface area contributed by atoms with Gasteiger partial charge in [-0.25, -0.2) is 0 Å². The van der Waals surface area contributed by atoms with Crippen LogP contribution >= 0.6 is 0 Å². The molecule has 1 heterocycles. The van der Waals surface area contributed by atoms with E-state index < -0.39 is 0 Å². The minimum Gasteiger partial charge on any atom is -0.382 e. The lowest BCUT2D eigenvalue weighted by molar-refractivity contribution is -0.152. The Balaban J connectivity index is 1.90. The van der Waals surface area contributed by atoms with Gasteiger partial charge in [-0.15, -0.1) is 0 Å². The van der Waals surface area contributed by atoms with Crippen molar-refractivity contribution in [1.82, 2.24) is 5.32 Å². The summed E-state index contributed by atoms with van der Waals surface area (Å²) in [7, 11) is 1.74. The van der Waals surface area contributed by atoms with Crippen LogP contribution < -0.4 is 5.32 Å². The molecule has 0 amide bonds. The average molecular weight is 213 g/mol. The smallest absolute Gasteiger partial charge is 0.0940 e. The SMILES string of the molecule is COCC1CNCC2(CCC(C)CC2)O1. The van der Waals surface area contributed by atoms with E-state index in [-0.39, 0.29) is 11.7 Å². The molecule has 1 spiro atoms. The monoisotopic (exact) mass is 213 g/mol. The molecule has 0 aromatic rings. The van der Waals surface area contributed by atoms with E-state index in [1.807, 2.05) is 0 Å². The molecule has 88 valence electrons. The van der Waals surface area contributed by atoms with Gasteiger partial charge in [0.25, 0.3) is 0 Å². The molecule has 15 heavy (non-hydrogen) atoms. The minimum atomic E-state index is 0.119. The molecule has 1 aliphatic carbocycles. The Labute approximate surface area is 92.5 Å². The Morgan fingerprint density at radius 3 is 2.80 bits per heavy atom. The highest BCUT2D eigenvalue weighted by Gasteiger charge is 2.39. The molecule has 1 atom stereocenters. The summed E-state index contributed by atoms with van der Waals surface area (Å²) in [4.78, 5) is 0. The highest BCUT2D eigenvalue weighted by atomic mass is 16.5. The Bertz CT molecular complexity index is 198. The quantitative estimate of drug-likeness (QED) is 0.755. The highest BCUT2D eigenvalue weighted by molar-refractivity contribution is 4.92. The summed E-state index contributed by atoms with van der Waals surface area (Å²) in [6.45, 7) is 5.02. The van der Waals surface area contributed by atoms with E-state index in [0.717, 1.165) is 19.0 Å². The molecule has 2 fully saturated rings. The van der Waals surface area contributed by atoms with Gasteiger partial charge in [0.1, 0.15) is 0 Å². The van der Waals surface area contributed by atoms with Crippen LogP contribution in [0.1, 0.15) is 32.6 Å². The molecule has 1 N–H and O–H groups in total. The van der Waals surface area contributed by atoms with Crippen LogP contribution in [0.25, 0.3) is 0 Å². The third-order valence-corrected chi connectivity index (χ3v) is 3.77. The molecule has 2 aliphatic rings. The number of hydrogen-bond donors (Lipinski definition) is 1. The van der Waals surface area contributed by atoms with E-state index in [2.05, 4.69) is 12.2 Å². The predicted octanol–water partition coefficient (Wildman–Crippen LogP) is 1.57. The molecule has 1 saturated carbocycles. The zero-order valence-corrected chi connectivity index (χ0v) is 9.92. The number of hydrogen-bond acceptors (Lipinski definition) is 3. The topological polar surface area (TPSA) is 30.5 Å². The molecule has 3 heteroatoms. The highest BCUT2D eigenvalue weighted by Crippen LogP contribution is 2.36. The molecule has 0 bridgehead atoms. The second kappa shape index (κ2) is 4.81. The van der Waals surface area contributed by atoms with Gasteiger partial charge in [-0.2, -0.15) is 0 Å². The van der Waals surface area contributed by atoms with Crippen molar-refractivity contribution >= 4 is 0 Å². The zero-order chi connectivity index (χ0) is 10.7. The van der Waals surface area contributed by atoms with E-state index in [1.54, 1.807) is 7.11 Å². The van der Waals surface area contributed by atoms with Crippen LogP contribution in [-0.4, -0.2) is 38.5 Å². The van der Waals surface area contributed by atoms with E-state index in [4.69, 9.17) is 9.47 Å². The van der Waals surface area contributed by atoms with Crippen molar-refractivity contribution < 1.29 is 9.47 Å². The Morgan fingerprint density at radius 1 is 1.40 bits per heavy atom. The summed E-state index contributed by atoms with van der Waals surface area (Å²) in [6, 6.07) is 0. The maximum atomic E-state index is 6.22. The summed E-state index contributed by atoms with van der Waals surface area (Å²) in [6.07, 6.45) is 5.28. The van der Waals surface area contributed by atoms with Gasteiger partial charge in [-0.1, -0.05) is 6.92 Å². The van der Waals surface area contributed by atoms with Gasteiger partial charge in [0.05, 0.1) is 18.3 Å². The maximum absolute atomic E-state index is 6.22. The first-order valence-electron chi connectivity index (χ1n) is 6.11. The van der Waals surface area contributed by atoms with Crippen molar-refractivity contribution in [3.05, 3.63) is 0 Å². The summed E-state index contributed by atoms with van der Waals surface area (Å²) in [5.41, 5.74) is 0.119. The fraction of sp³-hybridized carbons (Fsp3) is 1.00. The van der Waals surface area contributed by atoms with E-state index >= 15 is 0 Å². The molecule has 0 aromatic carbocycles. The van der Waals surface area contributed by atoms with Gasteiger partial charge in [-0.3, -0.25) is 0 Å². The lowest BCUT2D eigenvalue weighted by atomic mass is 9.78. The molecule has 1 saturated heterocycles. The number of methoxy groups -OCH3 is 1. The summed E-state index contributed by atoms with van der Waals surface area (Å²) in [5.74, 6) is 0.877. The number of nitrogens with one attached hydrogen (secondary N) is 1. The molecule has 3 nitrogen and oxygen atoms in total. The van der Waals surface area contributed by atoms with Gasteiger partial charge in [0, 0.05) is 20.2 Å². The summed E-state index contributed by atoms with van der Waals surface area (Å²) >= 11 is 0. The van der Waals surface area contributed by atoms with Gasteiger partial charge in [0.15, 0.2) is 0 Å². The molecule has 0 aromatic heterocycles. The van der Waals surface area contributed by atoms with Crippen LogP contribution in [0.5, 0.6) is 0 Å². The molecular formula is C12H23NO2. The Kier molecular flexibility index (Phi) is 3.65. The standard InChI is InChI=1S/C12H23NO2/c1-10-3-5-12(6-4-10)9-13-7-11(15-12)8-14-2/h10-11,13H,3-9H2,1-2H3. The third-order valence-electron chi connectivity index (χ3n) is 3.77. The second-order valence-corrected chi connectivity index (χ2v) is 5.19. The molecule has 1 aliphatic heterocycles. The van der Waals surface area contributed by atoms with Crippen molar-refractivity contribution in [1.29, 1.82) is 0 Å². The van der Waals surface area contributed by atoms with Crippen LogP contribution in [0.4, 0.5) is 0 Å². The van der Waals surface area contributed by atoms with Gasteiger partial charge < -0.3 is 14.8 Å². The fourth-order valence-electron chi connectivity index (χ4n) is 2.76. The lowest BCUT2D eigenvalue weighted by Crippen LogP contribution is -2.56. The molecule has 0 radical (unpaired) electrons. The fourth-order valence-corrected chi connectivity index (χ4v) is 2.76. The normalized spacial score (nSPS) is 42.0. The first-order valence-corrected chi connectivity index (χ1v) is 6.11. The Morgan fingerprint density at radius 2 is 2.13 bits per heavy atom. The van der Waals surface area contributed by atoms with Crippen LogP contribution in [-0.2, 0) is 9.47 Å². The molecular weight excluding hydrogens is 190 g/mol. The van der Waals surface area contributed by atoms with Crippen molar-refractivity contribution in [3.63, 3.8) is 0 Å². The predicted molar refractivity (Wildman–Crippen MR) is 60.0 cm³/mol. The van der Waals surface area contributed by atoms with E-state index in [1.165, 1.54) is 25.7 Å². The Hall–Kier alpha value is -0.120. The largest absolute Gasteiger partial charge is 0.382 e. The zero-order valence-electron chi connectivity index (χ0n) is 9.92. The van der Waals surface area contributed by atoms with Crippen molar-refractivity contribution in [2.75, 3.05) is 26.8 Å². The van der Waals surface area contributed by atoms with Crippen LogP contribution in [0.2, 0.25) is 0 Å². The van der Waals surface area contributed by atoms with Crippen molar-refractivity contribution in [3.8, 4) is 0 Å². The third kappa shape index (κ3) is 2.71. The number of rotatable bonds is 2. The second-order valence-electron chi connectivity index (χ2n) is 5.19. The van der Waals surface area contributed by atoms with E-state index in [9.17, 15) is 0 Å². The van der Waals surface area contributed by atoms with Crippen LogP contribution in [0, 0.1) is 5.92 Å². The number of morpholine rings is 1. The van der Waals surface area contributed by atoms with Gasteiger partial charge >= 0.3 is 0 Å². The summed E-state index contributed by atoms with van der Waals surface area (Å²) in [5, 5.41) is 3.49. The van der Waals surface area contributed by atoms with Gasteiger partial charge in [-0.05, 0) is 31.6 Å². The lowest BCUT2D eigenvalue weighted by Gasteiger charge is -2.45. The summed E-state index contributed by atoms with van der Waals surface area (Å²) < 4.78 is 11.4. The van der Waals surface area contributed by atoms with Crippen LogP contribution in [0.15, 0.2) is 0 Å². The van der Waals surface area contributed by atoms with Gasteiger partial charge in [0.2, 0.25) is 0 Å².